The van der Waals surface area contributed by atoms with Gasteiger partial charge in [-0.1, -0.05) is 250 Å². The van der Waals surface area contributed by atoms with E-state index in [1.807, 2.05) is 21.1 Å². The van der Waals surface area contributed by atoms with E-state index in [1.54, 1.807) is 0 Å². The lowest BCUT2D eigenvalue weighted by molar-refractivity contribution is -0.870. The predicted octanol–water partition coefficient (Wildman–Crippen LogP) is 16.2. The lowest BCUT2D eigenvalue weighted by Crippen LogP contribution is -2.46. The molecule has 0 spiro atoms. The van der Waals surface area contributed by atoms with Crippen LogP contribution in [0.15, 0.2) is 24.3 Å². The minimum atomic E-state index is -4.56. The van der Waals surface area contributed by atoms with Crippen LogP contribution in [0.3, 0.4) is 0 Å². The first kappa shape index (κ1) is 64.0. The third kappa shape index (κ3) is 50.7. The van der Waals surface area contributed by atoms with Crippen molar-refractivity contribution in [1.29, 1.82) is 0 Å². The fraction of sp³-hybridized carbons (Fsp3) is 0.911. The number of phosphoric ester groups is 1. The molecule has 0 radical (unpaired) electrons. The molecule has 0 aliphatic rings. The van der Waals surface area contributed by atoms with Crippen LogP contribution in [0.1, 0.15) is 277 Å². The first-order chi connectivity index (χ1) is 31.5. The maximum Gasteiger partial charge on any atom is 0.268 e. The van der Waals surface area contributed by atoms with Crippen molar-refractivity contribution in [2.75, 3.05) is 40.9 Å². The number of rotatable bonds is 52. The maximum atomic E-state index is 12.9. The second kappa shape index (κ2) is 48.0. The van der Waals surface area contributed by atoms with Crippen LogP contribution in [-0.4, -0.2) is 68.5 Å². The molecule has 0 heterocycles. The Morgan fingerprint density at radius 2 is 0.892 bits per heavy atom. The molecule has 0 aliphatic heterocycles. The summed E-state index contributed by atoms with van der Waals surface area (Å²) in [6.45, 7) is 4.74. The number of aliphatic hydroxyl groups is 1. The number of likely N-dealkylation sites (N-methyl/N-ethyl adjacent to an activating group) is 1. The Hall–Kier alpha value is -1.02. The molecule has 3 unspecified atom stereocenters. The fourth-order valence-corrected chi connectivity index (χ4v) is 9.21. The highest BCUT2D eigenvalue weighted by Crippen LogP contribution is 2.38. The lowest BCUT2D eigenvalue weighted by Gasteiger charge is -2.30. The number of unbranched alkanes of at least 4 members (excludes halogenated alkanes) is 35. The first-order valence-corrected chi connectivity index (χ1v) is 29.6. The van der Waals surface area contributed by atoms with Gasteiger partial charge < -0.3 is 28.8 Å². The summed E-state index contributed by atoms with van der Waals surface area (Å²) in [6.07, 6.45) is 59.3. The van der Waals surface area contributed by atoms with Gasteiger partial charge in [-0.25, -0.2) is 0 Å². The van der Waals surface area contributed by atoms with Crippen LogP contribution < -0.4 is 10.2 Å². The van der Waals surface area contributed by atoms with E-state index in [4.69, 9.17) is 9.05 Å². The second-order valence-electron chi connectivity index (χ2n) is 20.6. The largest absolute Gasteiger partial charge is 0.756 e. The first-order valence-electron chi connectivity index (χ1n) is 28.2. The van der Waals surface area contributed by atoms with E-state index in [9.17, 15) is 19.4 Å². The van der Waals surface area contributed by atoms with Crippen LogP contribution in [0.25, 0.3) is 0 Å². The molecule has 0 aromatic rings. The van der Waals surface area contributed by atoms with E-state index >= 15 is 0 Å². The monoisotopic (exact) mass is 939 g/mol. The Balaban J connectivity index is 4.00. The van der Waals surface area contributed by atoms with Crippen molar-refractivity contribution in [3.05, 3.63) is 24.3 Å². The van der Waals surface area contributed by atoms with Gasteiger partial charge in [0.05, 0.1) is 39.9 Å². The van der Waals surface area contributed by atoms with E-state index in [0.29, 0.717) is 23.9 Å². The molecule has 0 aromatic carbocycles. The summed E-state index contributed by atoms with van der Waals surface area (Å²) in [5, 5.41) is 14.0. The van der Waals surface area contributed by atoms with Gasteiger partial charge in [-0.05, 0) is 44.9 Å². The van der Waals surface area contributed by atoms with Crippen molar-refractivity contribution in [2.45, 2.75) is 289 Å². The zero-order valence-corrected chi connectivity index (χ0v) is 44.9. The van der Waals surface area contributed by atoms with Crippen LogP contribution in [0.5, 0.6) is 0 Å². The van der Waals surface area contributed by atoms with Crippen molar-refractivity contribution < 1.29 is 32.9 Å². The average molecular weight is 939 g/mol. The highest BCUT2D eigenvalue weighted by Gasteiger charge is 2.24. The van der Waals surface area contributed by atoms with Gasteiger partial charge in [-0.2, -0.15) is 0 Å². The van der Waals surface area contributed by atoms with Crippen molar-refractivity contribution >= 4 is 13.7 Å². The number of hydrogen-bond acceptors (Lipinski definition) is 6. The van der Waals surface area contributed by atoms with Gasteiger partial charge in [0.2, 0.25) is 5.91 Å². The molecule has 0 bridgehead atoms. The third-order valence-corrected chi connectivity index (χ3v) is 13.9. The Kier molecular flexibility index (Phi) is 47.3. The van der Waals surface area contributed by atoms with Gasteiger partial charge >= 0.3 is 0 Å². The predicted molar refractivity (Wildman–Crippen MR) is 279 cm³/mol. The van der Waals surface area contributed by atoms with Gasteiger partial charge in [0.25, 0.3) is 7.82 Å². The molecular formula is C56H111N2O6P. The summed E-state index contributed by atoms with van der Waals surface area (Å²) in [4.78, 5) is 25.4. The van der Waals surface area contributed by atoms with E-state index in [1.165, 1.54) is 205 Å². The van der Waals surface area contributed by atoms with E-state index in [0.717, 1.165) is 44.9 Å². The summed E-state index contributed by atoms with van der Waals surface area (Å²) < 4.78 is 23.3. The molecule has 2 N–H and O–H groups in total. The summed E-state index contributed by atoms with van der Waals surface area (Å²) in [5.74, 6) is -0.163. The summed E-state index contributed by atoms with van der Waals surface area (Å²) in [6, 6.07) is -0.797. The Morgan fingerprint density at radius 3 is 1.28 bits per heavy atom. The summed E-state index contributed by atoms with van der Waals surface area (Å²) in [5.41, 5.74) is 0. The Morgan fingerprint density at radius 1 is 0.538 bits per heavy atom. The number of aliphatic hydroxyl groups excluding tert-OH is 1. The van der Waals surface area contributed by atoms with Crippen molar-refractivity contribution in [3.63, 3.8) is 0 Å². The molecule has 0 aliphatic carbocycles. The molecule has 0 aromatic heterocycles. The highest BCUT2D eigenvalue weighted by molar-refractivity contribution is 7.45. The van der Waals surface area contributed by atoms with Crippen LogP contribution in [0.4, 0.5) is 0 Å². The van der Waals surface area contributed by atoms with Crippen molar-refractivity contribution in [2.24, 2.45) is 0 Å². The van der Waals surface area contributed by atoms with Crippen LogP contribution in [0.2, 0.25) is 0 Å². The summed E-state index contributed by atoms with van der Waals surface area (Å²) in [7, 11) is 1.31. The molecule has 386 valence electrons. The number of phosphoric acid groups is 1. The molecule has 9 heteroatoms. The van der Waals surface area contributed by atoms with Gasteiger partial charge in [-0.15, -0.1) is 0 Å². The Bertz CT molecular complexity index is 1110. The highest BCUT2D eigenvalue weighted by atomic mass is 31.2. The molecule has 0 fully saturated rings. The van der Waals surface area contributed by atoms with E-state index in [-0.39, 0.29) is 19.1 Å². The maximum absolute atomic E-state index is 12.9. The van der Waals surface area contributed by atoms with Crippen molar-refractivity contribution in [3.8, 4) is 0 Å². The van der Waals surface area contributed by atoms with Gasteiger partial charge in [0.15, 0.2) is 0 Å². The quantitative estimate of drug-likeness (QED) is 0.0272. The van der Waals surface area contributed by atoms with Crippen molar-refractivity contribution in [1.82, 2.24) is 5.32 Å². The smallest absolute Gasteiger partial charge is 0.268 e. The molecule has 65 heavy (non-hydrogen) atoms. The molecule has 8 nitrogen and oxygen atoms in total. The molecule has 0 saturated carbocycles. The lowest BCUT2D eigenvalue weighted by atomic mass is 10.0. The number of hydrogen-bond donors (Lipinski definition) is 2. The fourth-order valence-electron chi connectivity index (χ4n) is 8.48. The van der Waals surface area contributed by atoms with E-state index in [2.05, 4.69) is 43.5 Å². The zero-order chi connectivity index (χ0) is 47.8. The second-order valence-corrected chi connectivity index (χ2v) is 22.1. The number of nitrogens with zero attached hydrogens (tertiary/aromatic N) is 1. The standard InChI is InChI=1S/C56H111N2O6P/c1-6-8-10-12-14-16-18-20-21-22-23-24-25-26-27-28-29-30-31-32-33-34-35-36-37-38-40-42-44-46-48-50-56(60)57-54(53-64-65(61,62)63-52-51-58(3,4)5)55(59)49-47-45-43-41-39-19-17-15-13-11-9-7-2/h23-24,26-27,54-55,59H,6-22,25,28-53H2,1-5H3,(H-,57,60,61,62)/b24-23-,27-26-. The normalized spacial score (nSPS) is 14.1. The topological polar surface area (TPSA) is 108 Å². The number of carbonyl (C=O) groups is 1. The minimum absolute atomic E-state index is 0.0137. The average Bonchev–Trinajstić information content (AvgIpc) is 3.26. The minimum Gasteiger partial charge on any atom is -0.756 e. The van der Waals surface area contributed by atoms with Gasteiger partial charge in [0, 0.05) is 6.42 Å². The van der Waals surface area contributed by atoms with Crippen LogP contribution >= 0.6 is 7.82 Å². The summed E-state index contributed by atoms with van der Waals surface area (Å²) >= 11 is 0. The number of allylic oxidation sites excluding steroid dienone is 4. The SMILES string of the molecule is CCCCCCCCCCC/C=C\C/C=C\CCCCCCCCCCCCCCCCCC(=O)NC(COP(=O)([O-])OCC[N+](C)(C)C)C(O)CCCCCCCCCCCCCC. The van der Waals surface area contributed by atoms with E-state index < -0.39 is 20.0 Å². The Labute approximate surface area is 404 Å². The van der Waals surface area contributed by atoms with Gasteiger partial charge in [-0.3, -0.25) is 9.36 Å². The van der Waals surface area contributed by atoms with Gasteiger partial charge in [0.1, 0.15) is 13.2 Å². The molecule has 1 amide bonds. The number of amides is 1. The zero-order valence-electron chi connectivity index (χ0n) is 44.0. The van der Waals surface area contributed by atoms with Crippen LogP contribution in [0, 0.1) is 0 Å². The molecule has 3 atom stereocenters. The molecule has 0 rings (SSSR count). The molecular weight excluding hydrogens is 828 g/mol. The third-order valence-electron chi connectivity index (χ3n) is 12.9. The number of quaternary nitrogens is 1. The van der Waals surface area contributed by atoms with Crippen LogP contribution in [-0.2, 0) is 18.4 Å². The molecule has 0 saturated heterocycles. The number of nitrogens with one attached hydrogen (secondary N) is 1. The number of carbonyl (C=O) groups excluding carboxylic acids is 1.